The van der Waals surface area contributed by atoms with Crippen molar-refractivity contribution >= 4 is 6.16 Å². The van der Waals surface area contributed by atoms with Crippen LogP contribution in [-0.2, 0) is 14.5 Å². The van der Waals surface area contributed by atoms with Gasteiger partial charge in [0.15, 0.2) is 0 Å². The molecule has 0 radical (unpaired) electrons. The van der Waals surface area contributed by atoms with Gasteiger partial charge in [0.25, 0.3) is 0 Å². The van der Waals surface area contributed by atoms with Gasteiger partial charge in [-0.15, -0.1) is 0 Å². The number of rotatable bonds is 7. The molecule has 0 aliphatic heterocycles. The minimum Gasteiger partial charge on any atom is -0.426 e. The minimum absolute atomic E-state index is 0.106. The van der Waals surface area contributed by atoms with Crippen LogP contribution in [0.4, 0.5) is 4.79 Å². The normalized spacial score (nSPS) is 12.4. The van der Waals surface area contributed by atoms with E-state index in [4.69, 9.17) is 4.74 Å². The highest BCUT2D eigenvalue weighted by atomic mass is 17.2. The van der Waals surface area contributed by atoms with Gasteiger partial charge >= 0.3 is 6.16 Å². The van der Waals surface area contributed by atoms with E-state index in [1.807, 2.05) is 20.8 Å². The maximum absolute atomic E-state index is 11.4. The largest absolute Gasteiger partial charge is 0.541 e. The van der Waals surface area contributed by atoms with Crippen LogP contribution in [0.1, 0.15) is 60.8 Å². The van der Waals surface area contributed by atoms with Gasteiger partial charge in [-0.25, -0.2) is 4.79 Å². The second-order valence-electron chi connectivity index (χ2n) is 5.40. The zero-order chi connectivity index (χ0) is 13.5. The number of carbonyl (C=O) groups is 1. The zero-order valence-corrected chi connectivity index (χ0v) is 12.0. The molecule has 0 unspecified atom stereocenters. The molecule has 0 bridgehead atoms. The Morgan fingerprint density at radius 1 is 1.06 bits per heavy atom. The molecule has 0 aromatic rings. The van der Waals surface area contributed by atoms with E-state index < -0.39 is 11.8 Å². The van der Waals surface area contributed by atoms with Crippen molar-refractivity contribution in [3.05, 3.63) is 0 Å². The number of carbonyl (C=O) groups excluding carboxylic acids is 1. The third-order valence-corrected chi connectivity index (χ3v) is 3.26. The molecule has 0 N–H and O–H groups in total. The summed E-state index contributed by atoms with van der Waals surface area (Å²) in [5.74, 6) is 0. The quantitative estimate of drug-likeness (QED) is 0.294. The Balaban J connectivity index is 4.28. The van der Waals surface area contributed by atoms with Crippen molar-refractivity contribution in [1.82, 2.24) is 0 Å². The van der Waals surface area contributed by atoms with Gasteiger partial charge in [-0.3, -0.25) is 4.89 Å². The molecule has 0 aliphatic rings. The summed E-state index contributed by atoms with van der Waals surface area (Å²) in [4.78, 5) is 20.6. The van der Waals surface area contributed by atoms with E-state index in [0.29, 0.717) is 6.61 Å². The molecule has 0 spiro atoms. The fourth-order valence-corrected chi connectivity index (χ4v) is 1.46. The van der Waals surface area contributed by atoms with Gasteiger partial charge < -0.3 is 4.74 Å². The molecule has 0 aromatic heterocycles. The first-order valence-corrected chi connectivity index (χ1v) is 6.29. The molecule has 0 heterocycles. The van der Waals surface area contributed by atoms with Crippen molar-refractivity contribution in [2.45, 2.75) is 66.4 Å². The number of hydrogen-bond donors (Lipinski definition) is 0. The minimum atomic E-state index is -0.771. The van der Waals surface area contributed by atoms with Gasteiger partial charge in [-0.05, 0) is 26.7 Å². The van der Waals surface area contributed by atoms with Crippen LogP contribution in [0, 0.1) is 5.41 Å². The van der Waals surface area contributed by atoms with E-state index >= 15 is 0 Å². The average molecular weight is 246 g/mol. The molecular weight excluding hydrogens is 220 g/mol. The molecule has 0 aliphatic carbocycles. The maximum atomic E-state index is 11.4. The number of ether oxygens (including phenoxy) is 1. The fraction of sp³-hybridized carbons (Fsp3) is 0.923. The summed E-state index contributed by atoms with van der Waals surface area (Å²) in [5.41, 5.74) is -0.693. The van der Waals surface area contributed by atoms with Gasteiger partial charge in [-0.2, -0.15) is 4.89 Å². The Kier molecular flexibility index (Phi) is 6.53. The predicted molar refractivity (Wildman–Crippen MR) is 66.6 cm³/mol. The van der Waals surface area contributed by atoms with Crippen LogP contribution in [0.5, 0.6) is 0 Å². The van der Waals surface area contributed by atoms with E-state index in [9.17, 15) is 4.79 Å². The Hall–Kier alpha value is -0.770. The van der Waals surface area contributed by atoms with Crippen LogP contribution in [0.2, 0.25) is 0 Å². The van der Waals surface area contributed by atoms with E-state index in [1.54, 1.807) is 0 Å². The SMILES string of the molecule is CCCOOC(=O)OC(C)(C)C(C)(C)CCC. The van der Waals surface area contributed by atoms with Crippen molar-refractivity contribution in [3.63, 3.8) is 0 Å². The lowest BCUT2D eigenvalue weighted by Crippen LogP contribution is -2.43. The molecule has 0 amide bonds. The van der Waals surface area contributed by atoms with Gasteiger partial charge in [0.1, 0.15) is 5.60 Å². The summed E-state index contributed by atoms with van der Waals surface area (Å²) in [6.07, 6.45) is 2.04. The average Bonchev–Trinajstić information content (AvgIpc) is 2.16. The summed E-state index contributed by atoms with van der Waals surface area (Å²) >= 11 is 0. The molecular formula is C13H26O4. The highest BCUT2D eigenvalue weighted by Crippen LogP contribution is 2.38. The van der Waals surface area contributed by atoms with E-state index in [-0.39, 0.29) is 5.41 Å². The van der Waals surface area contributed by atoms with Crippen molar-refractivity contribution in [2.24, 2.45) is 5.41 Å². The van der Waals surface area contributed by atoms with Crippen LogP contribution >= 0.6 is 0 Å². The first kappa shape index (κ1) is 16.2. The monoisotopic (exact) mass is 246 g/mol. The Morgan fingerprint density at radius 2 is 1.65 bits per heavy atom. The van der Waals surface area contributed by atoms with Crippen LogP contribution in [0.3, 0.4) is 0 Å². The lowest BCUT2D eigenvalue weighted by molar-refractivity contribution is -0.265. The molecule has 0 fully saturated rings. The molecule has 102 valence electrons. The predicted octanol–water partition coefficient (Wildman–Crippen LogP) is 4.09. The highest BCUT2D eigenvalue weighted by molar-refractivity contribution is 5.59. The molecule has 0 saturated carbocycles. The van der Waals surface area contributed by atoms with Crippen LogP contribution in [0.25, 0.3) is 0 Å². The topological polar surface area (TPSA) is 44.8 Å². The molecule has 0 rings (SSSR count). The standard InChI is InChI=1S/C13H26O4/c1-7-9-12(3,4)13(5,6)16-11(14)17-15-10-8-2/h7-10H2,1-6H3. The smallest absolute Gasteiger partial charge is 0.426 e. The fourth-order valence-electron chi connectivity index (χ4n) is 1.46. The summed E-state index contributed by atoms with van der Waals surface area (Å²) in [6.45, 7) is 12.4. The zero-order valence-electron chi connectivity index (χ0n) is 12.0. The third-order valence-electron chi connectivity index (χ3n) is 3.26. The molecule has 4 heteroatoms. The lowest BCUT2D eigenvalue weighted by Gasteiger charge is -2.40. The van der Waals surface area contributed by atoms with Crippen LogP contribution in [0.15, 0.2) is 0 Å². The Bertz CT molecular complexity index is 234. The lowest BCUT2D eigenvalue weighted by atomic mass is 9.74. The molecule has 4 nitrogen and oxygen atoms in total. The van der Waals surface area contributed by atoms with Crippen molar-refractivity contribution in [3.8, 4) is 0 Å². The second-order valence-corrected chi connectivity index (χ2v) is 5.40. The molecule has 0 saturated heterocycles. The van der Waals surface area contributed by atoms with Gasteiger partial charge in [0.05, 0.1) is 6.61 Å². The van der Waals surface area contributed by atoms with Crippen molar-refractivity contribution in [1.29, 1.82) is 0 Å². The Morgan fingerprint density at radius 3 is 2.12 bits per heavy atom. The van der Waals surface area contributed by atoms with Crippen molar-refractivity contribution < 1.29 is 19.3 Å². The van der Waals surface area contributed by atoms with Crippen LogP contribution < -0.4 is 0 Å². The second kappa shape index (κ2) is 6.84. The first-order chi connectivity index (χ1) is 7.77. The van der Waals surface area contributed by atoms with Crippen LogP contribution in [-0.4, -0.2) is 18.4 Å². The van der Waals surface area contributed by atoms with Gasteiger partial charge in [0, 0.05) is 5.41 Å². The van der Waals surface area contributed by atoms with Crippen molar-refractivity contribution in [2.75, 3.05) is 6.61 Å². The summed E-state index contributed by atoms with van der Waals surface area (Å²) in [5, 5.41) is 0. The third kappa shape index (κ3) is 5.39. The molecule has 0 aromatic carbocycles. The summed E-state index contributed by atoms with van der Waals surface area (Å²) in [6, 6.07) is 0. The van der Waals surface area contributed by atoms with E-state index in [0.717, 1.165) is 19.3 Å². The maximum Gasteiger partial charge on any atom is 0.541 e. The first-order valence-electron chi connectivity index (χ1n) is 6.29. The highest BCUT2D eigenvalue weighted by Gasteiger charge is 2.40. The van der Waals surface area contributed by atoms with E-state index in [2.05, 4.69) is 30.5 Å². The molecule has 0 atom stereocenters. The summed E-state index contributed by atoms with van der Waals surface area (Å²) in [7, 11) is 0. The molecule has 17 heavy (non-hydrogen) atoms. The summed E-state index contributed by atoms with van der Waals surface area (Å²) < 4.78 is 5.32. The van der Waals surface area contributed by atoms with Gasteiger partial charge in [-0.1, -0.05) is 34.1 Å². The number of hydrogen-bond acceptors (Lipinski definition) is 4. The Labute approximate surface area is 105 Å². The van der Waals surface area contributed by atoms with E-state index in [1.165, 1.54) is 0 Å². The van der Waals surface area contributed by atoms with Gasteiger partial charge in [0.2, 0.25) is 0 Å².